The van der Waals surface area contributed by atoms with Crippen molar-refractivity contribution in [1.82, 2.24) is 4.90 Å². The van der Waals surface area contributed by atoms with Crippen molar-refractivity contribution in [1.29, 1.82) is 0 Å². The molecule has 0 radical (unpaired) electrons. The van der Waals surface area contributed by atoms with E-state index >= 15 is 0 Å². The number of carbonyl (C=O) groups excluding carboxylic acids is 2. The van der Waals surface area contributed by atoms with Gasteiger partial charge in [-0.2, -0.15) is 0 Å². The topological polar surface area (TPSA) is 87.1 Å². The third-order valence-electron chi connectivity index (χ3n) is 4.99. The van der Waals surface area contributed by atoms with Crippen LogP contribution in [0.4, 0.5) is 0 Å². The van der Waals surface area contributed by atoms with Crippen LogP contribution in [-0.2, 0) is 16.1 Å². The van der Waals surface area contributed by atoms with Crippen LogP contribution in [0.3, 0.4) is 0 Å². The molecule has 0 saturated heterocycles. The van der Waals surface area contributed by atoms with Gasteiger partial charge in [0, 0.05) is 13.0 Å². The van der Waals surface area contributed by atoms with Gasteiger partial charge in [-0.05, 0) is 41.3 Å². The molecule has 30 heavy (non-hydrogen) atoms. The van der Waals surface area contributed by atoms with E-state index in [4.69, 9.17) is 4.74 Å². The molecule has 2 N–H and O–H groups in total. The zero-order valence-corrected chi connectivity index (χ0v) is 17.5. The Morgan fingerprint density at radius 2 is 1.70 bits per heavy atom. The van der Waals surface area contributed by atoms with Crippen LogP contribution in [0.1, 0.15) is 44.4 Å². The number of ether oxygens (including phenoxy) is 1. The summed E-state index contributed by atoms with van der Waals surface area (Å²) in [4.78, 5) is 26.8. The first-order valence-electron chi connectivity index (χ1n) is 10.1. The Morgan fingerprint density at radius 3 is 2.27 bits per heavy atom. The zero-order valence-electron chi connectivity index (χ0n) is 17.5. The number of carbonyl (C=O) groups is 2. The van der Waals surface area contributed by atoms with E-state index in [0.717, 1.165) is 11.3 Å². The van der Waals surface area contributed by atoms with Crippen molar-refractivity contribution >= 4 is 11.7 Å². The molecule has 158 valence electrons. The second kappa shape index (κ2) is 9.03. The van der Waals surface area contributed by atoms with Crippen LogP contribution in [0.15, 0.2) is 59.9 Å². The molecule has 6 nitrogen and oxygen atoms in total. The fourth-order valence-electron chi connectivity index (χ4n) is 3.45. The molecule has 1 heterocycles. The van der Waals surface area contributed by atoms with E-state index in [9.17, 15) is 19.8 Å². The lowest BCUT2D eigenvalue weighted by molar-refractivity contribution is -0.130. The first-order valence-corrected chi connectivity index (χ1v) is 10.1. The van der Waals surface area contributed by atoms with E-state index in [1.54, 1.807) is 19.1 Å². The van der Waals surface area contributed by atoms with Gasteiger partial charge in [-0.3, -0.25) is 9.59 Å². The van der Waals surface area contributed by atoms with Crippen LogP contribution < -0.4 is 4.74 Å². The Morgan fingerprint density at radius 1 is 1.07 bits per heavy atom. The van der Waals surface area contributed by atoms with E-state index in [-0.39, 0.29) is 30.1 Å². The molecule has 3 rings (SSSR count). The quantitative estimate of drug-likeness (QED) is 0.679. The highest BCUT2D eigenvalue weighted by molar-refractivity contribution is 6.08. The highest BCUT2D eigenvalue weighted by Gasteiger charge is 2.42. The summed E-state index contributed by atoms with van der Waals surface area (Å²) in [6.45, 7) is 6.68. The number of amides is 1. The first-order chi connectivity index (χ1) is 14.3. The highest BCUT2D eigenvalue weighted by atomic mass is 16.5. The Labute approximate surface area is 176 Å². The molecule has 1 aliphatic rings. The van der Waals surface area contributed by atoms with Crippen molar-refractivity contribution in [2.75, 3.05) is 6.61 Å². The summed E-state index contributed by atoms with van der Waals surface area (Å²) in [5, 5.41) is 20.1. The lowest BCUT2D eigenvalue weighted by Crippen LogP contribution is -2.30. The van der Waals surface area contributed by atoms with Gasteiger partial charge in [0.15, 0.2) is 11.5 Å². The van der Waals surface area contributed by atoms with Gasteiger partial charge in [-0.15, -0.1) is 0 Å². The summed E-state index contributed by atoms with van der Waals surface area (Å²) in [6, 6.07) is 13.0. The summed E-state index contributed by atoms with van der Waals surface area (Å²) in [5.74, 6) is -0.108. The molecule has 0 aromatic heterocycles. The van der Waals surface area contributed by atoms with E-state index in [1.165, 1.54) is 17.0 Å². The van der Waals surface area contributed by atoms with Crippen LogP contribution in [0.5, 0.6) is 11.5 Å². The minimum absolute atomic E-state index is 0.0863. The SMILES string of the molecule is CCC(=O)C1=C(O)C(=O)N(Cc2ccc(OCC(C)C)cc2)C1c1ccc(O)cc1. The Hall–Kier alpha value is -3.28. The van der Waals surface area contributed by atoms with Gasteiger partial charge in [0.1, 0.15) is 11.5 Å². The molecule has 0 bridgehead atoms. The number of aliphatic hydroxyl groups is 1. The average Bonchev–Trinajstić information content (AvgIpc) is 2.98. The van der Waals surface area contributed by atoms with Crippen LogP contribution in [0.25, 0.3) is 0 Å². The Kier molecular flexibility index (Phi) is 6.45. The summed E-state index contributed by atoms with van der Waals surface area (Å²) in [7, 11) is 0. The van der Waals surface area contributed by atoms with Gasteiger partial charge >= 0.3 is 0 Å². The molecule has 2 aromatic carbocycles. The fourth-order valence-corrected chi connectivity index (χ4v) is 3.45. The smallest absolute Gasteiger partial charge is 0.290 e. The number of rotatable bonds is 8. The van der Waals surface area contributed by atoms with Gasteiger partial charge in [-0.1, -0.05) is 45.0 Å². The highest BCUT2D eigenvalue weighted by Crippen LogP contribution is 2.39. The number of benzene rings is 2. The van der Waals surface area contributed by atoms with E-state index in [2.05, 4.69) is 13.8 Å². The van der Waals surface area contributed by atoms with Crippen LogP contribution >= 0.6 is 0 Å². The Bertz CT molecular complexity index is 945. The van der Waals surface area contributed by atoms with Crippen LogP contribution in [0, 0.1) is 5.92 Å². The monoisotopic (exact) mass is 409 g/mol. The molecule has 1 aliphatic heterocycles. The number of phenolic OH excluding ortho intramolecular Hbond substituents is 1. The van der Waals surface area contributed by atoms with E-state index < -0.39 is 17.7 Å². The maximum Gasteiger partial charge on any atom is 0.290 e. The molecule has 1 unspecified atom stereocenters. The molecule has 1 atom stereocenters. The van der Waals surface area contributed by atoms with Gasteiger partial charge in [0.25, 0.3) is 5.91 Å². The fraction of sp³-hybridized carbons (Fsp3) is 0.333. The third kappa shape index (κ3) is 4.48. The number of phenols is 1. The summed E-state index contributed by atoms with van der Waals surface area (Å²) in [5.41, 5.74) is 1.60. The Balaban J connectivity index is 1.89. The summed E-state index contributed by atoms with van der Waals surface area (Å²) < 4.78 is 5.70. The van der Waals surface area contributed by atoms with Crippen molar-refractivity contribution in [3.05, 3.63) is 71.0 Å². The van der Waals surface area contributed by atoms with Crippen molar-refractivity contribution in [3.63, 3.8) is 0 Å². The average molecular weight is 409 g/mol. The van der Waals surface area contributed by atoms with Crippen molar-refractivity contribution in [2.24, 2.45) is 5.92 Å². The van der Waals surface area contributed by atoms with Crippen LogP contribution in [0.2, 0.25) is 0 Å². The third-order valence-corrected chi connectivity index (χ3v) is 4.99. The predicted octanol–water partition coefficient (Wildman–Crippen LogP) is 4.30. The lowest BCUT2D eigenvalue weighted by Gasteiger charge is -2.27. The largest absolute Gasteiger partial charge is 0.508 e. The number of Topliss-reactive ketones (excluding diaryl/α,β-unsaturated/α-hetero) is 1. The predicted molar refractivity (Wildman–Crippen MR) is 113 cm³/mol. The second-order valence-electron chi connectivity index (χ2n) is 7.81. The van der Waals surface area contributed by atoms with Crippen LogP contribution in [-0.4, -0.2) is 33.4 Å². The van der Waals surface area contributed by atoms with Gasteiger partial charge in [0.2, 0.25) is 0 Å². The summed E-state index contributed by atoms with van der Waals surface area (Å²) in [6.07, 6.45) is 0.178. The van der Waals surface area contributed by atoms with Crippen molar-refractivity contribution in [2.45, 2.75) is 39.8 Å². The minimum Gasteiger partial charge on any atom is -0.508 e. The number of hydrogen-bond donors (Lipinski definition) is 2. The standard InChI is InChI=1S/C24H27NO5/c1-4-20(27)21-22(17-7-9-18(26)10-8-17)25(24(29)23(21)28)13-16-5-11-19(12-6-16)30-14-15(2)3/h5-12,15,22,26,28H,4,13-14H2,1-3H3. The minimum atomic E-state index is -0.706. The molecule has 0 saturated carbocycles. The number of nitrogens with zero attached hydrogens (tertiary/aromatic N) is 1. The number of aromatic hydroxyl groups is 1. The molecule has 1 amide bonds. The van der Waals surface area contributed by atoms with Gasteiger partial charge < -0.3 is 19.8 Å². The lowest BCUT2D eigenvalue weighted by atomic mass is 9.95. The van der Waals surface area contributed by atoms with Gasteiger partial charge in [0.05, 0.1) is 18.2 Å². The molecule has 0 aliphatic carbocycles. The van der Waals surface area contributed by atoms with Crippen molar-refractivity contribution < 1.29 is 24.5 Å². The summed E-state index contributed by atoms with van der Waals surface area (Å²) >= 11 is 0. The van der Waals surface area contributed by atoms with E-state index in [0.29, 0.717) is 18.1 Å². The maximum absolute atomic E-state index is 12.8. The molecular formula is C24H27NO5. The molecule has 6 heteroatoms. The number of ketones is 1. The molecule has 2 aromatic rings. The number of aliphatic hydroxyl groups excluding tert-OH is 1. The van der Waals surface area contributed by atoms with Crippen molar-refractivity contribution in [3.8, 4) is 11.5 Å². The zero-order chi connectivity index (χ0) is 21.8. The second-order valence-corrected chi connectivity index (χ2v) is 7.81. The molecule has 0 spiro atoms. The molecular weight excluding hydrogens is 382 g/mol. The maximum atomic E-state index is 12.8. The first kappa shape index (κ1) is 21.4. The van der Waals surface area contributed by atoms with E-state index in [1.807, 2.05) is 24.3 Å². The number of hydrogen-bond acceptors (Lipinski definition) is 5. The normalized spacial score (nSPS) is 16.5. The van der Waals surface area contributed by atoms with Gasteiger partial charge in [-0.25, -0.2) is 0 Å². The molecule has 0 fully saturated rings.